The molecule has 1 aromatic heterocycles. The lowest BCUT2D eigenvalue weighted by molar-refractivity contribution is -0.138. The largest absolute Gasteiger partial charge is 0.462 e. The van der Waals surface area contributed by atoms with E-state index in [1.165, 1.54) is 23.1 Å². The average Bonchev–Trinajstić information content (AvgIpc) is 2.83. The molecule has 21 heavy (non-hydrogen) atoms. The minimum atomic E-state index is -0.638. The molecule has 1 heterocycles. The van der Waals surface area contributed by atoms with Gasteiger partial charge in [0.15, 0.2) is 10.7 Å². The number of nitrogens with zero attached hydrogens (tertiary/aromatic N) is 2. The molecule has 1 aromatic carbocycles. The van der Waals surface area contributed by atoms with Crippen LogP contribution in [0.5, 0.6) is 0 Å². The summed E-state index contributed by atoms with van der Waals surface area (Å²) in [5.41, 5.74) is 3.12. The Balaban J connectivity index is 2.26. The Labute approximate surface area is 126 Å². The molecule has 5 nitrogen and oxygen atoms in total. The zero-order valence-electron chi connectivity index (χ0n) is 12.1. The van der Waals surface area contributed by atoms with Crippen molar-refractivity contribution in [1.29, 1.82) is 5.26 Å². The van der Waals surface area contributed by atoms with Gasteiger partial charge in [0.05, 0.1) is 16.8 Å². The van der Waals surface area contributed by atoms with Crippen LogP contribution >= 0.6 is 11.3 Å². The van der Waals surface area contributed by atoms with Crippen molar-refractivity contribution >= 4 is 32.7 Å². The number of fused-ring (bicyclic) bond motifs is 1. The smallest absolute Gasteiger partial charge is 0.350 e. The van der Waals surface area contributed by atoms with Crippen molar-refractivity contribution in [2.45, 2.75) is 20.8 Å². The van der Waals surface area contributed by atoms with Gasteiger partial charge in [-0.1, -0.05) is 17.4 Å². The number of esters is 1. The van der Waals surface area contributed by atoms with Crippen LogP contribution in [-0.2, 0) is 9.53 Å². The van der Waals surface area contributed by atoms with E-state index in [4.69, 9.17) is 10.00 Å². The van der Waals surface area contributed by atoms with Crippen LogP contribution in [0.2, 0.25) is 0 Å². The second kappa shape index (κ2) is 6.37. The highest BCUT2D eigenvalue weighted by atomic mass is 32.1. The Bertz CT molecular complexity index is 756. The van der Waals surface area contributed by atoms with Crippen molar-refractivity contribution in [3.05, 3.63) is 35.0 Å². The molecule has 0 fully saturated rings. The van der Waals surface area contributed by atoms with Crippen LogP contribution in [0.15, 0.2) is 23.9 Å². The highest BCUT2D eigenvalue weighted by molar-refractivity contribution is 7.22. The number of hydrogen-bond acceptors (Lipinski definition) is 6. The Kier molecular flexibility index (Phi) is 4.55. The van der Waals surface area contributed by atoms with E-state index in [2.05, 4.69) is 22.4 Å². The molecule has 0 saturated heterocycles. The first-order valence-corrected chi connectivity index (χ1v) is 7.28. The predicted octanol–water partition coefficient (Wildman–Crippen LogP) is 3.30. The number of aryl methyl sites for hydroxylation is 2. The summed E-state index contributed by atoms with van der Waals surface area (Å²) in [6.07, 6.45) is 1.33. The molecule has 0 spiro atoms. The molecule has 108 valence electrons. The van der Waals surface area contributed by atoms with Crippen molar-refractivity contribution < 1.29 is 9.53 Å². The Morgan fingerprint density at radius 1 is 1.52 bits per heavy atom. The topological polar surface area (TPSA) is 75.0 Å². The number of benzene rings is 1. The van der Waals surface area contributed by atoms with Crippen molar-refractivity contribution in [2.75, 3.05) is 11.9 Å². The van der Waals surface area contributed by atoms with Crippen molar-refractivity contribution in [3.63, 3.8) is 0 Å². The summed E-state index contributed by atoms with van der Waals surface area (Å²) in [6, 6.07) is 5.94. The zero-order chi connectivity index (χ0) is 15.4. The number of carbonyl (C=O) groups excluding carboxylic acids is 1. The zero-order valence-corrected chi connectivity index (χ0v) is 12.9. The Hall–Kier alpha value is -2.39. The number of nitriles is 1. The van der Waals surface area contributed by atoms with Crippen LogP contribution in [0.3, 0.4) is 0 Å². The average molecular weight is 301 g/mol. The van der Waals surface area contributed by atoms with Gasteiger partial charge < -0.3 is 10.1 Å². The van der Waals surface area contributed by atoms with Gasteiger partial charge in [0.2, 0.25) is 0 Å². The highest BCUT2D eigenvalue weighted by Gasteiger charge is 2.11. The summed E-state index contributed by atoms with van der Waals surface area (Å²) in [5, 5.41) is 12.5. The second-order valence-corrected chi connectivity index (χ2v) is 5.51. The van der Waals surface area contributed by atoms with E-state index in [0.29, 0.717) is 5.13 Å². The summed E-state index contributed by atoms with van der Waals surface area (Å²) >= 11 is 1.47. The molecule has 2 rings (SSSR count). The fourth-order valence-corrected chi connectivity index (χ4v) is 2.92. The summed E-state index contributed by atoms with van der Waals surface area (Å²) < 4.78 is 5.86. The van der Waals surface area contributed by atoms with Crippen LogP contribution in [0.25, 0.3) is 10.2 Å². The van der Waals surface area contributed by atoms with Gasteiger partial charge >= 0.3 is 5.97 Å². The Morgan fingerprint density at radius 3 is 2.95 bits per heavy atom. The fraction of sp³-hybridized carbons (Fsp3) is 0.267. The van der Waals surface area contributed by atoms with Crippen LogP contribution in [0.1, 0.15) is 18.1 Å². The van der Waals surface area contributed by atoms with E-state index >= 15 is 0 Å². The van der Waals surface area contributed by atoms with E-state index in [9.17, 15) is 4.79 Å². The molecular weight excluding hydrogens is 286 g/mol. The maximum atomic E-state index is 11.5. The number of carbonyl (C=O) groups is 1. The number of ether oxygens (including phenoxy) is 1. The fourth-order valence-electron chi connectivity index (χ4n) is 1.91. The molecule has 0 amide bonds. The van der Waals surface area contributed by atoms with E-state index < -0.39 is 5.97 Å². The van der Waals surface area contributed by atoms with Gasteiger partial charge in [0.1, 0.15) is 6.07 Å². The molecule has 0 aliphatic heterocycles. The van der Waals surface area contributed by atoms with Gasteiger partial charge in [-0.15, -0.1) is 0 Å². The van der Waals surface area contributed by atoms with Crippen LogP contribution in [-0.4, -0.2) is 17.6 Å². The number of anilines is 1. The molecule has 0 aliphatic rings. The third-order valence-electron chi connectivity index (χ3n) is 2.79. The van der Waals surface area contributed by atoms with Crippen LogP contribution in [0, 0.1) is 25.2 Å². The second-order valence-electron chi connectivity index (χ2n) is 4.48. The first-order valence-electron chi connectivity index (χ1n) is 6.47. The van der Waals surface area contributed by atoms with E-state index in [-0.39, 0.29) is 12.2 Å². The molecule has 0 unspecified atom stereocenters. The summed E-state index contributed by atoms with van der Waals surface area (Å²) in [6.45, 7) is 5.97. The van der Waals surface area contributed by atoms with Crippen molar-refractivity contribution in [3.8, 4) is 6.07 Å². The van der Waals surface area contributed by atoms with Crippen molar-refractivity contribution in [2.24, 2.45) is 0 Å². The van der Waals surface area contributed by atoms with Gasteiger partial charge in [0.25, 0.3) is 0 Å². The van der Waals surface area contributed by atoms with Gasteiger partial charge in [-0.3, -0.25) is 0 Å². The molecule has 1 N–H and O–H groups in total. The lowest BCUT2D eigenvalue weighted by Crippen LogP contribution is -2.07. The molecule has 0 atom stereocenters. The molecule has 0 bridgehead atoms. The summed E-state index contributed by atoms with van der Waals surface area (Å²) in [4.78, 5) is 16.0. The maximum absolute atomic E-state index is 11.5. The van der Waals surface area contributed by atoms with E-state index in [1.54, 1.807) is 6.92 Å². The third-order valence-corrected chi connectivity index (χ3v) is 3.72. The normalized spacial score (nSPS) is 11.2. The van der Waals surface area contributed by atoms with Crippen LogP contribution in [0.4, 0.5) is 5.13 Å². The van der Waals surface area contributed by atoms with Gasteiger partial charge in [0, 0.05) is 6.20 Å². The third kappa shape index (κ3) is 3.38. The number of rotatable bonds is 4. The molecule has 2 aromatic rings. The van der Waals surface area contributed by atoms with Crippen LogP contribution < -0.4 is 5.32 Å². The first kappa shape index (κ1) is 15.0. The SMILES string of the molecule is CCOC(=O)/C(C#N)=C/Nc1nc2c(C)cc(C)cc2s1. The first-order chi connectivity index (χ1) is 10.0. The number of nitrogens with one attached hydrogen (secondary N) is 1. The van der Waals surface area contributed by atoms with Gasteiger partial charge in [-0.25, -0.2) is 9.78 Å². The molecule has 6 heteroatoms. The number of aromatic nitrogens is 1. The summed E-state index contributed by atoms with van der Waals surface area (Å²) in [7, 11) is 0. The monoisotopic (exact) mass is 301 g/mol. The highest BCUT2D eigenvalue weighted by Crippen LogP contribution is 2.29. The molecule has 0 saturated carbocycles. The molecule has 0 aliphatic carbocycles. The van der Waals surface area contributed by atoms with E-state index in [1.807, 2.05) is 19.9 Å². The molecule has 0 radical (unpaired) electrons. The van der Waals surface area contributed by atoms with Crippen molar-refractivity contribution in [1.82, 2.24) is 4.98 Å². The standard InChI is InChI=1S/C15H15N3O2S/c1-4-20-14(19)11(7-16)8-17-15-18-13-10(3)5-9(2)6-12(13)21-15/h5-6,8H,4H2,1-3H3,(H,17,18)/b11-8+. The predicted molar refractivity (Wildman–Crippen MR) is 83.0 cm³/mol. The minimum absolute atomic E-state index is 0.0796. The van der Waals surface area contributed by atoms with Gasteiger partial charge in [-0.05, 0) is 38.0 Å². The van der Waals surface area contributed by atoms with Gasteiger partial charge in [-0.2, -0.15) is 5.26 Å². The summed E-state index contributed by atoms with van der Waals surface area (Å²) in [5.74, 6) is -0.638. The minimum Gasteiger partial charge on any atom is -0.462 e. The Morgan fingerprint density at radius 2 is 2.29 bits per heavy atom. The maximum Gasteiger partial charge on any atom is 0.350 e. The lowest BCUT2D eigenvalue weighted by Gasteiger charge is -1.99. The number of thiazole rings is 1. The number of hydrogen-bond donors (Lipinski definition) is 1. The quantitative estimate of drug-likeness (QED) is 0.533. The lowest BCUT2D eigenvalue weighted by atomic mass is 10.1. The molecular formula is C15H15N3O2S. The van der Waals surface area contributed by atoms with E-state index in [0.717, 1.165) is 15.8 Å².